The second-order valence-corrected chi connectivity index (χ2v) is 4.91. The summed E-state index contributed by atoms with van der Waals surface area (Å²) in [4.78, 5) is 17.9. The first kappa shape index (κ1) is 12.8. The molecule has 1 rings (SSSR count). The summed E-state index contributed by atoms with van der Waals surface area (Å²) in [5, 5.41) is 3.19. The number of alkyl halides is 1. The van der Waals surface area contributed by atoms with Gasteiger partial charge in [0.05, 0.1) is 6.33 Å². The summed E-state index contributed by atoms with van der Waals surface area (Å²) in [6.45, 7) is 4.04. The van der Waals surface area contributed by atoms with Crippen LogP contribution in [-0.2, 0) is 0 Å². The summed E-state index contributed by atoms with van der Waals surface area (Å²) >= 11 is 7.84. The Morgan fingerprint density at radius 3 is 2.93 bits per heavy atom. The van der Waals surface area contributed by atoms with Gasteiger partial charge in [0.15, 0.2) is 0 Å². The number of hydrogen-bond donors (Lipinski definition) is 2. The van der Waals surface area contributed by atoms with E-state index >= 15 is 0 Å². The molecule has 4 nitrogen and oxygen atoms in total. The SMILES string of the molecule is CCC(C)(CCl)Nc1nc[nH]c(=O)c1I. The van der Waals surface area contributed by atoms with E-state index in [0.717, 1.165) is 6.42 Å². The zero-order valence-corrected chi connectivity index (χ0v) is 11.5. The normalized spacial score (nSPS) is 14.7. The molecule has 0 aromatic carbocycles. The van der Waals surface area contributed by atoms with Gasteiger partial charge in [0.2, 0.25) is 0 Å². The number of halogens is 2. The fourth-order valence-electron chi connectivity index (χ4n) is 0.972. The third-order valence-electron chi connectivity index (χ3n) is 2.29. The fraction of sp³-hybridized carbons (Fsp3) is 0.556. The fourth-order valence-corrected chi connectivity index (χ4v) is 1.66. The van der Waals surface area contributed by atoms with Crippen LogP contribution in [0.5, 0.6) is 0 Å². The number of hydrogen-bond acceptors (Lipinski definition) is 3. The molecule has 1 heterocycles. The molecule has 6 heteroatoms. The van der Waals surface area contributed by atoms with E-state index in [2.05, 4.69) is 15.3 Å². The summed E-state index contributed by atoms with van der Waals surface area (Å²) < 4.78 is 0.555. The van der Waals surface area contributed by atoms with Crippen LogP contribution in [0.3, 0.4) is 0 Å². The Morgan fingerprint density at radius 1 is 1.73 bits per heavy atom. The van der Waals surface area contributed by atoms with Crippen molar-refractivity contribution in [3.05, 3.63) is 20.3 Å². The van der Waals surface area contributed by atoms with Crippen molar-refractivity contribution in [2.45, 2.75) is 25.8 Å². The monoisotopic (exact) mass is 341 g/mol. The molecular weight excluding hydrogens is 328 g/mol. The summed E-state index contributed by atoms with van der Waals surface area (Å²) in [5.41, 5.74) is -0.372. The third kappa shape index (κ3) is 3.07. The van der Waals surface area contributed by atoms with Gasteiger partial charge in [0.1, 0.15) is 9.39 Å². The van der Waals surface area contributed by atoms with Gasteiger partial charge in [-0.1, -0.05) is 6.92 Å². The minimum absolute atomic E-state index is 0.138. The third-order valence-corrected chi connectivity index (χ3v) is 3.88. The predicted molar refractivity (Wildman–Crippen MR) is 70.6 cm³/mol. The highest BCUT2D eigenvalue weighted by Gasteiger charge is 2.22. The molecule has 0 bridgehead atoms. The highest BCUT2D eigenvalue weighted by molar-refractivity contribution is 14.1. The first-order valence-corrected chi connectivity index (χ1v) is 6.21. The Kier molecular flexibility index (Phi) is 4.39. The molecule has 84 valence electrons. The number of nitrogens with zero attached hydrogens (tertiary/aromatic N) is 1. The Labute approximate surface area is 107 Å². The van der Waals surface area contributed by atoms with Crippen LogP contribution in [-0.4, -0.2) is 21.4 Å². The van der Waals surface area contributed by atoms with E-state index < -0.39 is 0 Å². The molecule has 0 aliphatic carbocycles. The predicted octanol–water partition coefficient (Wildman–Crippen LogP) is 2.19. The largest absolute Gasteiger partial charge is 0.363 e. The molecular formula is C9H13ClIN3O. The topological polar surface area (TPSA) is 57.8 Å². The summed E-state index contributed by atoms with van der Waals surface area (Å²) in [6, 6.07) is 0. The zero-order valence-electron chi connectivity index (χ0n) is 8.60. The van der Waals surface area contributed by atoms with E-state index in [9.17, 15) is 4.79 Å². The molecule has 15 heavy (non-hydrogen) atoms. The van der Waals surface area contributed by atoms with E-state index in [1.165, 1.54) is 6.33 Å². The first-order valence-electron chi connectivity index (χ1n) is 4.60. The van der Waals surface area contributed by atoms with Crippen molar-refractivity contribution in [3.63, 3.8) is 0 Å². The van der Waals surface area contributed by atoms with Crippen LogP contribution in [0.2, 0.25) is 0 Å². The second kappa shape index (κ2) is 5.16. The highest BCUT2D eigenvalue weighted by Crippen LogP contribution is 2.20. The minimum atomic E-state index is -0.234. The van der Waals surface area contributed by atoms with Crippen molar-refractivity contribution in [2.75, 3.05) is 11.2 Å². The van der Waals surface area contributed by atoms with E-state index in [-0.39, 0.29) is 11.1 Å². The Hall–Kier alpha value is -0.300. The Morgan fingerprint density at radius 2 is 2.40 bits per heavy atom. The van der Waals surface area contributed by atoms with Gasteiger partial charge in [-0.25, -0.2) is 4.98 Å². The second-order valence-electron chi connectivity index (χ2n) is 3.57. The first-order chi connectivity index (χ1) is 7.02. The molecule has 0 spiro atoms. The molecule has 0 aliphatic heterocycles. The lowest BCUT2D eigenvalue weighted by molar-refractivity contribution is 0.550. The molecule has 0 saturated heterocycles. The number of H-pyrrole nitrogens is 1. The van der Waals surface area contributed by atoms with Crippen LogP contribution in [0.4, 0.5) is 5.82 Å². The van der Waals surface area contributed by atoms with Gasteiger partial charge in [-0.05, 0) is 35.9 Å². The summed E-state index contributed by atoms with van der Waals surface area (Å²) in [5.74, 6) is 1.05. The van der Waals surface area contributed by atoms with Crippen LogP contribution >= 0.6 is 34.2 Å². The number of aromatic amines is 1. The molecule has 0 aliphatic rings. The van der Waals surface area contributed by atoms with E-state index in [1.807, 2.05) is 36.4 Å². The van der Waals surface area contributed by atoms with Gasteiger partial charge in [-0.15, -0.1) is 11.6 Å². The van der Waals surface area contributed by atoms with Crippen LogP contribution in [0.1, 0.15) is 20.3 Å². The average molecular weight is 342 g/mol. The van der Waals surface area contributed by atoms with Crippen molar-refractivity contribution < 1.29 is 0 Å². The molecule has 0 amide bonds. The Balaban J connectivity index is 2.99. The van der Waals surface area contributed by atoms with E-state index in [4.69, 9.17) is 11.6 Å². The number of rotatable bonds is 4. The van der Waals surface area contributed by atoms with Crippen molar-refractivity contribution >= 4 is 40.0 Å². The molecule has 1 aromatic rings. The Bertz CT molecular complexity index is 389. The maximum Gasteiger partial charge on any atom is 0.266 e. The molecule has 1 aromatic heterocycles. The minimum Gasteiger partial charge on any atom is -0.363 e. The molecule has 1 atom stereocenters. The van der Waals surface area contributed by atoms with Crippen LogP contribution in [0, 0.1) is 3.57 Å². The van der Waals surface area contributed by atoms with E-state index in [0.29, 0.717) is 15.3 Å². The quantitative estimate of drug-likeness (QED) is 0.652. The maximum absolute atomic E-state index is 11.3. The van der Waals surface area contributed by atoms with Gasteiger partial charge < -0.3 is 10.3 Å². The molecule has 1 unspecified atom stereocenters. The number of anilines is 1. The van der Waals surface area contributed by atoms with Crippen molar-refractivity contribution in [1.29, 1.82) is 0 Å². The smallest absolute Gasteiger partial charge is 0.266 e. The molecule has 0 fully saturated rings. The lowest BCUT2D eigenvalue weighted by Gasteiger charge is -2.27. The number of nitrogens with one attached hydrogen (secondary N) is 2. The van der Waals surface area contributed by atoms with Crippen LogP contribution in [0.15, 0.2) is 11.1 Å². The van der Waals surface area contributed by atoms with Gasteiger partial charge in [-0.2, -0.15) is 0 Å². The van der Waals surface area contributed by atoms with Gasteiger partial charge in [0, 0.05) is 11.4 Å². The van der Waals surface area contributed by atoms with Gasteiger partial charge >= 0.3 is 0 Å². The summed E-state index contributed by atoms with van der Waals surface area (Å²) in [6.07, 6.45) is 2.25. The maximum atomic E-state index is 11.3. The standard InChI is InChI=1S/C9H13ClIN3O/c1-3-9(2,4-10)14-7-6(11)8(15)13-5-12-7/h5H,3-4H2,1-2H3,(H2,12,13,14,15). The average Bonchev–Trinajstić information content (AvgIpc) is 2.25. The lowest BCUT2D eigenvalue weighted by Crippen LogP contribution is -2.37. The molecule has 2 N–H and O–H groups in total. The summed E-state index contributed by atoms with van der Waals surface area (Å²) in [7, 11) is 0. The van der Waals surface area contributed by atoms with Gasteiger partial charge in [0.25, 0.3) is 5.56 Å². The lowest BCUT2D eigenvalue weighted by atomic mass is 10.0. The number of aromatic nitrogens is 2. The van der Waals surface area contributed by atoms with Crippen molar-refractivity contribution in [3.8, 4) is 0 Å². The van der Waals surface area contributed by atoms with Crippen molar-refractivity contribution in [1.82, 2.24) is 9.97 Å². The van der Waals surface area contributed by atoms with Crippen molar-refractivity contribution in [2.24, 2.45) is 0 Å². The van der Waals surface area contributed by atoms with Crippen LogP contribution < -0.4 is 10.9 Å². The highest BCUT2D eigenvalue weighted by atomic mass is 127. The van der Waals surface area contributed by atoms with E-state index in [1.54, 1.807) is 0 Å². The van der Waals surface area contributed by atoms with Crippen LogP contribution in [0.25, 0.3) is 0 Å². The molecule has 0 radical (unpaired) electrons. The zero-order chi connectivity index (χ0) is 11.5. The molecule has 0 saturated carbocycles. The van der Waals surface area contributed by atoms with Gasteiger partial charge in [-0.3, -0.25) is 4.79 Å².